The van der Waals surface area contributed by atoms with Gasteiger partial charge in [-0.1, -0.05) is 0 Å². The summed E-state index contributed by atoms with van der Waals surface area (Å²) in [6.45, 7) is 2.02. The molecule has 4 rings (SSSR count). The smallest absolute Gasteiger partial charge is 0.344 e. The summed E-state index contributed by atoms with van der Waals surface area (Å²) in [6, 6.07) is 7.51. The molecule has 0 radical (unpaired) electrons. The van der Waals surface area contributed by atoms with Gasteiger partial charge in [0.05, 0.1) is 11.4 Å². The summed E-state index contributed by atoms with van der Waals surface area (Å²) in [5.74, 6) is -0.258. The number of aromatic nitrogens is 4. The zero-order chi connectivity index (χ0) is 19.5. The molecule has 0 saturated heterocycles. The molecule has 142 valence electrons. The number of fused-ring (bicyclic) bond motifs is 1. The lowest BCUT2D eigenvalue weighted by atomic mass is 10.2. The molecule has 0 fully saturated rings. The molecule has 0 atom stereocenters. The molecular weight excluding hydrogens is 383 g/mol. The van der Waals surface area contributed by atoms with E-state index >= 15 is 0 Å². The molecule has 1 aromatic carbocycles. The first kappa shape index (κ1) is 18.1. The Labute approximate surface area is 163 Å². The van der Waals surface area contributed by atoms with Crippen molar-refractivity contribution in [2.45, 2.75) is 20.1 Å². The van der Waals surface area contributed by atoms with E-state index in [1.807, 2.05) is 0 Å². The van der Waals surface area contributed by atoms with Crippen LogP contribution in [0.15, 0.2) is 48.1 Å². The molecule has 0 N–H and O–H groups in total. The van der Waals surface area contributed by atoms with E-state index < -0.39 is 5.97 Å². The van der Waals surface area contributed by atoms with E-state index in [9.17, 15) is 9.18 Å². The molecule has 4 aromatic rings. The van der Waals surface area contributed by atoms with Crippen LogP contribution in [-0.2, 0) is 18.0 Å². The maximum absolute atomic E-state index is 12.9. The topological polar surface area (TPSA) is 78.6 Å². The average molecular weight is 398 g/mol. The van der Waals surface area contributed by atoms with Gasteiger partial charge in [-0.2, -0.15) is 5.10 Å². The molecule has 0 amide bonds. The third kappa shape index (κ3) is 3.84. The van der Waals surface area contributed by atoms with E-state index in [-0.39, 0.29) is 19.0 Å². The highest BCUT2D eigenvalue weighted by Crippen LogP contribution is 2.18. The summed E-state index contributed by atoms with van der Waals surface area (Å²) in [4.78, 5) is 21.0. The van der Waals surface area contributed by atoms with Crippen LogP contribution in [0.3, 0.4) is 0 Å². The van der Waals surface area contributed by atoms with E-state index in [4.69, 9.17) is 9.47 Å². The second-order valence-corrected chi connectivity index (χ2v) is 6.84. The number of benzene rings is 1. The third-order valence-electron chi connectivity index (χ3n) is 3.90. The van der Waals surface area contributed by atoms with Gasteiger partial charge in [0.25, 0.3) is 0 Å². The van der Waals surface area contributed by atoms with Gasteiger partial charge in [0.2, 0.25) is 0 Å². The van der Waals surface area contributed by atoms with Crippen molar-refractivity contribution in [2.24, 2.45) is 0 Å². The molecule has 0 aliphatic rings. The SMILES string of the molecule is Cc1nn2cccnc2c1C(=O)OCc1csc(COc2ccc(F)cc2)n1. The number of hydrogen-bond acceptors (Lipinski definition) is 7. The van der Waals surface area contributed by atoms with E-state index in [2.05, 4.69) is 15.1 Å². The Morgan fingerprint density at radius 2 is 2.07 bits per heavy atom. The van der Waals surface area contributed by atoms with Crippen LogP contribution in [0.1, 0.15) is 26.8 Å². The normalized spacial score (nSPS) is 10.9. The fraction of sp³-hybridized carbons (Fsp3) is 0.158. The van der Waals surface area contributed by atoms with Crippen molar-refractivity contribution in [3.05, 3.63) is 75.9 Å². The van der Waals surface area contributed by atoms with Crippen molar-refractivity contribution in [2.75, 3.05) is 0 Å². The van der Waals surface area contributed by atoms with E-state index in [0.717, 1.165) is 5.01 Å². The van der Waals surface area contributed by atoms with E-state index in [1.165, 1.54) is 23.5 Å². The van der Waals surface area contributed by atoms with Gasteiger partial charge in [-0.05, 0) is 37.3 Å². The summed E-state index contributed by atoms with van der Waals surface area (Å²) in [5.41, 5.74) is 1.97. The van der Waals surface area contributed by atoms with Crippen molar-refractivity contribution in [1.29, 1.82) is 0 Å². The van der Waals surface area contributed by atoms with Crippen LogP contribution in [0.4, 0.5) is 4.39 Å². The number of hydrogen-bond donors (Lipinski definition) is 0. The first-order valence-electron chi connectivity index (χ1n) is 8.39. The molecular formula is C19H15FN4O3S. The zero-order valence-corrected chi connectivity index (χ0v) is 15.6. The van der Waals surface area contributed by atoms with Crippen molar-refractivity contribution in [3.8, 4) is 5.75 Å². The van der Waals surface area contributed by atoms with Crippen LogP contribution in [-0.4, -0.2) is 25.6 Å². The Kier molecular flexibility index (Phi) is 4.98. The Balaban J connectivity index is 1.37. The summed E-state index contributed by atoms with van der Waals surface area (Å²) in [5, 5.41) is 6.78. The number of carbonyl (C=O) groups excluding carboxylic acids is 1. The van der Waals surface area contributed by atoms with Crippen LogP contribution in [0.2, 0.25) is 0 Å². The van der Waals surface area contributed by atoms with Gasteiger partial charge < -0.3 is 9.47 Å². The summed E-state index contributed by atoms with van der Waals surface area (Å²) >= 11 is 1.40. The third-order valence-corrected chi connectivity index (χ3v) is 4.77. The van der Waals surface area contributed by atoms with Gasteiger partial charge in [-0.3, -0.25) is 0 Å². The molecule has 3 heterocycles. The molecule has 9 heteroatoms. The van der Waals surface area contributed by atoms with Crippen LogP contribution in [0, 0.1) is 12.7 Å². The lowest BCUT2D eigenvalue weighted by molar-refractivity contribution is 0.0469. The highest BCUT2D eigenvalue weighted by molar-refractivity contribution is 7.09. The van der Waals surface area contributed by atoms with Crippen molar-refractivity contribution in [3.63, 3.8) is 0 Å². The van der Waals surface area contributed by atoms with Crippen molar-refractivity contribution < 1.29 is 18.7 Å². The minimum atomic E-state index is -0.497. The Morgan fingerprint density at radius 1 is 1.25 bits per heavy atom. The van der Waals surface area contributed by atoms with Gasteiger partial charge in [0.15, 0.2) is 5.65 Å². The maximum Gasteiger partial charge on any atom is 0.344 e. The van der Waals surface area contributed by atoms with Crippen LogP contribution in [0.25, 0.3) is 5.65 Å². The van der Waals surface area contributed by atoms with Crippen molar-refractivity contribution in [1.82, 2.24) is 19.6 Å². The molecule has 0 spiro atoms. The number of thiazole rings is 1. The average Bonchev–Trinajstić information content (AvgIpc) is 3.29. The summed E-state index contributed by atoms with van der Waals surface area (Å²) in [6.07, 6.45) is 3.32. The quantitative estimate of drug-likeness (QED) is 0.462. The molecule has 7 nitrogen and oxygen atoms in total. The summed E-state index contributed by atoms with van der Waals surface area (Å²) < 4.78 is 25.4. The van der Waals surface area contributed by atoms with Gasteiger partial charge in [0.1, 0.15) is 35.4 Å². The maximum atomic E-state index is 12.9. The fourth-order valence-electron chi connectivity index (χ4n) is 2.60. The molecule has 0 unspecified atom stereocenters. The number of carbonyl (C=O) groups is 1. The van der Waals surface area contributed by atoms with Crippen LogP contribution >= 0.6 is 11.3 Å². The zero-order valence-electron chi connectivity index (χ0n) is 14.8. The predicted molar refractivity (Wildman–Crippen MR) is 99.7 cm³/mol. The summed E-state index contributed by atoms with van der Waals surface area (Å²) in [7, 11) is 0. The van der Waals surface area contributed by atoms with Gasteiger partial charge >= 0.3 is 5.97 Å². The first-order valence-corrected chi connectivity index (χ1v) is 9.27. The minimum Gasteiger partial charge on any atom is -0.486 e. The molecule has 3 aromatic heterocycles. The molecule has 0 aliphatic heterocycles. The van der Waals surface area contributed by atoms with Gasteiger partial charge in [-0.25, -0.2) is 23.7 Å². The fourth-order valence-corrected chi connectivity index (χ4v) is 3.29. The lowest BCUT2D eigenvalue weighted by Gasteiger charge is -2.03. The molecule has 28 heavy (non-hydrogen) atoms. The monoisotopic (exact) mass is 398 g/mol. The highest BCUT2D eigenvalue weighted by atomic mass is 32.1. The van der Waals surface area contributed by atoms with Crippen molar-refractivity contribution >= 4 is 23.0 Å². The number of aryl methyl sites for hydroxylation is 1. The highest BCUT2D eigenvalue weighted by Gasteiger charge is 2.20. The Bertz CT molecular complexity index is 1120. The number of ether oxygens (including phenoxy) is 2. The first-order chi connectivity index (χ1) is 13.6. The van der Waals surface area contributed by atoms with Crippen LogP contribution < -0.4 is 4.74 Å². The Morgan fingerprint density at radius 3 is 2.89 bits per heavy atom. The Hall–Kier alpha value is -3.33. The lowest BCUT2D eigenvalue weighted by Crippen LogP contribution is -2.07. The number of nitrogens with zero attached hydrogens (tertiary/aromatic N) is 4. The predicted octanol–water partition coefficient (Wildman–Crippen LogP) is 3.57. The second-order valence-electron chi connectivity index (χ2n) is 5.90. The minimum absolute atomic E-state index is 0.0372. The second kappa shape index (κ2) is 7.73. The van der Waals surface area contributed by atoms with Gasteiger partial charge in [0, 0.05) is 17.8 Å². The van der Waals surface area contributed by atoms with E-state index in [0.29, 0.717) is 28.3 Å². The molecule has 0 aliphatic carbocycles. The molecule has 0 saturated carbocycles. The number of rotatable bonds is 6. The largest absolute Gasteiger partial charge is 0.486 e. The molecule has 0 bridgehead atoms. The standard InChI is InChI=1S/C19H15FN4O3S/c1-12-17(18-21-7-2-8-24(18)23-12)19(25)27-9-14-11-28-16(22-14)10-26-15-5-3-13(20)4-6-15/h2-8,11H,9-10H2,1H3. The number of halogens is 1. The van der Waals surface area contributed by atoms with Crippen LogP contribution in [0.5, 0.6) is 5.75 Å². The van der Waals surface area contributed by atoms with E-state index in [1.54, 1.807) is 47.4 Å². The van der Waals surface area contributed by atoms with Gasteiger partial charge in [-0.15, -0.1) is 11.3 Å². The number of esters is 1.